The van der Waals surface area contributed by atoms with Crippen LogP contribution in [0.5, 0.6) is 5.75 Å². The molecule has 0 aliphatic carbocycles. The second kappa shape index (κ2) is 6.68. The number of anilines is 1. The van der Waals surface area contributed by atoms with Gasteiger partial charge in [0.1, 0.15) is 18.2 Å². The normalized spacial score (nSPS) is 21.9. The molecule has 4 rings (SSSR count). The summed E-state index contributed by atoms with van der Waals surface area (Å²) in [6.07, 6.45) is 1.74. The van der Waals surface area contributed by atoms with Crippen molar-refractivity contribution in [3.05, 3.63) is 58.4 Å². The summed E-state index contributed by atoms with van der Waals surface area (Å²) < 4.78 is 31.5. The first-order chi connectivity index (χ1) is 13.7. The summed E-state index contributed by atoms with van der Waals surface area (Å²) in [4.78, 5) is 12.6. The van der Waals surface area contributed by atoms with E-state index in [-0.39, 0.29) is 11.7 Å². The summed E-state index contributed by atoms with van der Waals surface area (Å²) >= 11 is 0. The van der Waals surface area contributed by atoms with Gasteiger partial charge >= 0.3 is 0 Å². The number of hydrogen-bond acceptors (Lipinski definition) is 4. The van der Waals surface area contributed by atoms with Gasteiger partial charge in [-0.2, -0.15) is 0 Å². The van der Waals surface area contributed by atoms with Crippen LogP contribution in [0.4, 0.5) is 10.1 Å². The zero-order chi connectivity index (χ0) is 21.0. The molecular weight excluding hydrogens is 373 g/mol. The number of rotatable bonds is 5. The second-order valence-electron chi connectivity index (χ2n) is 8.06. The van der Waals surface area contributed by atoms with Crippen LogP contribution in [0.2, 0.25) is 0 Å². The van der Waals surface area contributed by atoms with Crippen molar-refractivity contribution < 1.29 is 23.4 Å². The fraction of sp³-hybridized carbons (Fsp3) is 0.348. The van der Waals surface area contributed by atoms with E-state index in [2.05, 4.69) is 5.32 Å². The van der Waals surface area contributed by atoms with Crippen molar-refractivity contribution in [2.45, 2.75) is 39.1 Å². The van der Waals surface area contributed by atoms with Crippen molar-refractivity contribution in [3.63, 3.8) is 0 Å². The lowest BCUT2D eigenvalue weighted by atomic mass is 9.99. The van der Waals surface area contributed by atoms with Gasteiger partial charge in [0.05, 0.1) is 0 Å². The van der Waals surface area contributed by atoms with Crippen LogP contribution in [0.15, 0.2) is 30.3 Å². The van der Waals surface area contributed by atoms with E-state index < -0.39 is 11.4 Å². The molecule has 2 heterocycles. The first-order valence-electron chi connectivity index (χ1n) is 9.48. The van der Waals surface area contributed by atoms with E-state index in [0.29, 0.717) is 29.1 Å². The smallest absolute Gasteiger partial charge is 0.256 e. The van der Waals surface area contributed by atoms with Crippen LogP contribution in [0.3, 0.4) is 0 Å². The highest BCUT2D eigenvalue weighted by atomic mass is 19.1. The molecule has 2 aromatic rings. The second-order valence-corrected chi connectivity index (χ2v) is 8.06. The number of carbonyl (C=O) groups excluding carboxylic acids is 1. The molecule has 1 saturated heterocycles. The van der Waals surface area contributed by atoms with Gasteiger partial charge in [-0.05, 0) is 57.0 Å². The van der Waals surface area contributed by atoms with Crippen LogP contribution in [0.1, 0.15) is 36.1 Å². The summed E-state index contributed by atoms with van der Waals surface area (Å²) in [7, 11) is 1.55. The Kier molecular flexibility index (Phi) is 4.52. The number of aryl methyl sites for hydroxylation is 2. The maximum Gasteiger partial charge on any atom is 0.256 e. The quantitative estimate of drug-likeness (QED) is 0.598. The number of amides is 1. The average molecular weight is 397 g/mol. The maximum absolute atomic E-state index is 14.4. The molecule has 0 bridgehead atoms. The van der Waals surface area contributed by atoms with E-state index in [1.54, 1.807) is 26.2 Å². The Morgan fingerprint density at radius 1 is 1.24 bits per heavy atom. The van der Waals surface area contributed by atoms with Crippen molar-refractivity contribution >= 4 is 23.2 Å². The number of methoxy groups -OCH3 is 1. The van der Waals surface area contributed by atoms with Crippen molar-refractivity contribution in [2.75, 3.05) is 19.0 Å². The molecule has 152 valence electrons. The summed E-state index contributed by atoms with van der Waals surface area (Å²) in [5.74, 6) is -1.12. The number of benzene rings is 2. The van der Waals surface area contributed by atoms with Crippen molar-refractivity contribution in [1.29, 1.82) is 0 Å². The van der Waals surface area contributed by atoms with E-state index in [1.807, 2.05) is 39.0 Å². The van der Waals surface area contributed by atoms with Gasteiger partial charge in [0, 0.05) is 35.6 Å². The van der Waals surface area contributed by atoms with Crippen LogP contribution in [0, 0.1) is 19.7 Å². The van der Waals surface area contributed by atoms with Crippen LogP contribution in [0.25, 0.3) is 11.6 Å². The van der Waals surface area contributed by atoms with E-state index in [9.17, 15) is 9.18 Å². The van der Waals surface area contributed by atoms with Gasteiger partial charge in [0.15, 0.2) is 5.60 Å². The predicted molar refractivity (Wildman–Crippen MR) is 109 cm³/mol. The first kappa shape index (κ1) is 19.6. The standard InChI is InChI=1S/C23H24FNO4/c1-13-6-7-16-17(21(26)25-19(16)8-13)10-15-9-14(2)18(24)11-20(15)29-22(3,4)23(27-5)12-28-23/h6-11H,12H2,1-5H3,(H,25,26)/b17-10+. The number of halogens is 1. The molecule has 6 heteroatoms. The van der Waals surface area contributed by atoms with E-state index in [4.69, 9.17) is 14.2 Å². The minimum Gasteiger partial charge on any atom is -0.481 e. The molecule has 1 amide bonds. The van der Waals surface area contributed by atoms with Gasteiger partial charge < -0.3 is 19.5 Å². The van der Waals surface area contributed by atoms with E-state index in [1.165, 1.54) is 6.07 Å². The number of nitrogens with one attached hydrogen (secondary N) is 1. The molecule has 0 spiro atoms. The largest absolute Gasteiger partial charge is 0.481 e. The molecule has 29 heavy (non-hydrogen) atoms. The topological polar surface area (TPSA) is 60.1 Å². The number of carbonyl (C=O) groups is 1. The van der Waals surface area contributed by atoms with Gasteiger partial charge in [-0.25, -0.2) is 4.39 Å². The highest BCUT2D eigenvalue weighted by Crippen LogP contribution is 2.43. The maximum atomic E-state index is 14.4. The third-order valence-corrected chi connectivity index (χ3v) is 5.57. The van der Waals surface area contributed by atoms with Crippen LogP contribution in [-0.4, -0.2) is 31.0 Å². The minimum atomic E-state index is -0.867. The van der Waals surface area contributed by atoms with Gasteiger partial charge in [0.25, 0.3) is 5.91 Å². The predicted octanol–water partition coefficient (Wildman–Crippen LogP) is 4.47. The molecule has 1 unspecified atom stereocenters. The molecule has 0 aromatic heterocycles. The highest BCUT2D eigenvalue weighted by Gasteiger charge is 2.60. The molecular formula is C23H24FNO4. The Balaban J connectivity index is 1.78. The van der Waals surface area contributed by atoms with Crippen molar-refractivity contribution in [3.8, 4) is 5.75 Å². The molecule has 2 aliphatic heterocycles. The van der Waals surface area contributed by atoms with Gasteiger partial charge in [-0.1, -0.05) is 12.1 Å². The molecule has 1 fully saturated rings. The third kappa shape index (κ3) is 3.32. The number of fused-ring (bicyclic) bond motifs is 1. The van der Waals surface area contributed by atoms with E-state index in [0.717, 1.165) is 16.8 Å². The van der Waals surface area contributed by atoms with Crippen molar-refractivity contribution in [2.24, 2.45) is 0 Å². The third-order valence-electron chi connectivity index (χ3n) is 5.57. The Bertz CT molecular complexity index is 1040. The van der Waals surface area contributed by atoms with E-state index >= 15 is 0 Å². The SMILES string of the molecule is COC1(C(C)(C)Oc2cc(F)c(C)cc2/C=C2/C(=O)Nc3cc(C)ccc32)CO1. The van der Waals surface area contributed by atoms with Crippen LogP contribution < -0.4 is 10.1 Å². The zero-order valence-electron chi connectivity index (χ0n) is 17.2. The molecule has 0 radical (unpaired) electrons. The average Bonchev–Trinajstić information content (AvgIpc) is 3.40. The minimum absolute atomic E-state index is 0.198. The lowest BCUT2D eigenvalue weighted by molar-refractivity contribution is -0.132. The van der Waals surface area contributed by atoms with Crippen LogP contribution >= 0.6 is 0 Å². The molecule has 2 aliphatic rings. The summed E-state index contributed by atoms with van der Waals surface area (Å²) in [5, 5.41) is 2.88. The Hall–Kier alpha value is -2.70. The Morgan fingerprint density at radius 3 is 2.62 bits per heavy atom. The van der Waals surface area contributed by atoms with Gasteiger partial charge in [-0.3, -0.25) is 4.79 Å². The number of epoxide rings is 1. The summed E-state index contributed by atoms with van der Waals surface area (Å²) in [6, 6.07) is 8.82. The fourth-order valence-electron chi connectivity index (χ4n) is 3.62. The molecule has 2 aromatic carbocycles. The molecule has 0 saturated carbocycles. The summed E-state index contributed by atoms with van der Waals surface area (Å²) in [6.45, 7) is 7.71. The van der Waals surface area contributed by atoms with Crippen LogP contribution in [-0.2, 0) is 14.3 Å². The number of ether oxygens (including phenoxy) is 3. The monoisotopic (exact) mass is 397 g/mol. The lowest BCUT2D eigenvalue weighted by Crippen LogP contribution is -2.46. The lowest BCUT2D eigenvalue weighted by Gasteiger charge is -2.32. The Labute approximate surface area is 169 Å². The first-order valence-corrected chi connectivity index (χ1v) is 9.48. The zero-order valence-corrected chi connectivity index (χ0v) is 17.2. The number of hydrogen-bond donors (Lipinski definition) is 1. The van der Waals surface area contributed by atoms with Crippen molar-refractivity contribution in [1.82, 2.24) is 0 Å². The molecule has 1 atom stereocenters. The Morgan fingerprint density at radius 2 is 1.97 bits per heavy atom. The highest BCUT2D eigenvalue weighted by molar-refractivity contribution is 6.35. The fourth-order valence-corrected chi connectivity index (χ4v) is 3.62. The molecule has 5 nitrogen and oxygen atoms in total. The van der Waals surface area contributed by atoms with Gasteiger partial charge in [-0.15, -0.1) is 0 Å². The molecule has 1 N–H and O–H groups in total. The van der Waals surface area contributed by atoms with Gasteiger partial charge in [0.2, 0.25) is 5.79 Å². The summed E-state index contributed by atoms with van der Waals surface area (Å²) in [5.41, 5.74) is 3.38.